The number of nitrogens with zero attached hydrogens (tertiary/aromatic N) is 1. The minimum atomic E-state index is 0.254. The van der Waals surface area contributed by atoms with Gasteiger partial charge >= 0.3 is 0 Å². The highest BCUT2D eigenvalue weighted by Crippen LogP contribution is 2.33. The molecule has 1 fully saturated rings. The Morgan fingerprint density at radius 3 is 2.35 bits per heavy atom. The summed E-state index contributed by atoms with van der Waals surface area (Å²) in [6.45, 7) is 6.49. The third-order valence-electron chi connectivity index (χ3n) is 5.54. The second-order valence-corrected chi connectivity index (χ2v) is 9.04. The molecule has 0 atom stereocenters. The molecule has 1 aliphatic heterocycles. The first-order valence-corrected chi connectivity index (χ1v) is 12.4. The first-order valence-electron chi connectivity index (χ1n) is 11.2. The predicted molar refractivity (Wildman–Crippen MR) is 140 cm³/mol. The number of morpholine rings is 1. The van der Waals surface area contributed by atoms with Crippen LogP contribution in [0.1, 0.15) is 18.1 Å². The number of benzene rings is 3. The van der Waals surface area contributed by atoms with Crippen molar-refractivity contribution in [3.8, 4) is 11.5 Å². The van der Waals surface area contributed by atoms with Crippen molar-refractivity contribution >= 4 is 46.2 Å². The molecule has 0 spiro atoms. The number of anilines is 2. The Labute approximate surface area is 215 Å². The average Bonchev–Trinajstić information content (AvgIpc) is 2.84. The molecular formula is C26H27Cl3N2O3. The zero-order valence-corrected chi connectivity index (χ0v) is 21.2. The van der Waals surface area contributed by atoms with Crippen LogP contribution in [-0.2, 0) is 17.9 Å². The Hall–Kier alpha value is -2.31. The lowest BCUT2D eigenvalue weighted by Gasteiger charge is -2.29. The van der Waals surface area contributed by atoms with Crippen LogP contribution in [-0.4, -0.2) is 32.9 Å². The summed E-state index contributed by atoms with van der Waals surface area (Å²) in [6, 6.07) is 17.3. The molecule has 1 saturated heterocycles. The van der Waals surface area contributed by atoms with E-state index in [1.807, 2.05) is 43.3 Å². The first kappa shape index (κ1) is 24.8. The van der Waals surface area contributed by atoms with Crippen molar-refractivity contribution < 1.29 is 14.2 Å². The van der Waals surface area contributed by atoms with Crippen molar-refractivity contribution in [2.75, 3.05) is 43.1 Å². The van der Waals surface area contributed by atoms with Crippen LogP contribution in [0.4, 0.5) is 11.4 Å². The summed E-state index contributed by atoms with van der Waals surface area (Å²) in [5.41, 5.74) is 3.79. The molecule has 5 nitrogen and oxygen atoms in total. The maximum atomic E-state index is 6.56. The highest BCUT2D eigenvalue weighted by molar-refractivity contribution is 6.36. The smallest absolute Gasteiger partial charge is 0.161 e. The van der Waals surface area contributed by atoms with Crippen molar-refractivity contribution in [3.63, 3.8) is 0 Å². The van der Waals surface area contributed by atoms with Gasteiger partial charge < -0.3 is 24.4 Å². The molecule has 0 bridgehead atoms. The van der Waals surface area contributed by atoms with E-state index in [4.69, 9.17) is 49.0 Å². The Bertz CT molecular complexity index is 1100. The Kier molecular flexibility index (Phi) is 8.68. The maximum absolute atomic E-state index is 6.56. The van der Waals surface area contributed by atoms with Gasteiger partial charge in [0.05, 0.1) is 30.5 Å². The summed E-state index contributed by atoms with van der Waals surface area (Å²) in [6.07, 6.45) is 0. The summed E-state index contributed by atoms with van der Waals surface area (Å²) in [5.74, 6) is 1.31. The van der Waals surface area contributed by atoms with Gasteiger partial charge in [0.25, 0.3) is 0 Å². The molecule has 34 heavy (non-hydrogen) atoms. The number of hydrogen-bond acceptors (Lipinski definition) is 5. The molecule has 3 aromatic carbocycles. The van der Waals surface area contributed by atoms with Crippen LogP contribution in [0.5, 0.6) is 11.5 Å². The fourth-order valence-electron chi connectivity index (χ4n) is 3.75. The summed E-state index contributed by atoms with van der Waals surface area (Å²) in [5, 5.41) is 5.31. The van der Waals surface area contributed by atoms with Gasteiger partial charge in [-0.3, -0.25) is 0 Å². The van der Waals surface area contributed by atoms with Crippen LogP contribution in [0.3, 0.4) is 0 Å². The standard InChI is InChI=1S/C26H27Cl3N2O3/c1-2-33-26-14-18(6-9-25(26)34-17-20-21(27)4-3-5-22(20)28)16-30-19-7-8-24(23(29)15-19)31-10-12-32-13-11-31/h3-9,14-15,30H,2,10-13,16-17H2,1H3. The SMILES string of the molecule is CCOc1cc(CNc2ccc(N3CCOCC3)c(Cl)c2)ccc1OCc1c(Cl)cccc1Cl. The second-order valence-electron chi connectivity index (χ2n) is 7.82. The van der Waals surface area contributed by atoms with Crippen molar-refractivity contribution in [1.82, 2.24) is 0 Å². The topological polar surface area (TPSA) is 43.0 Å². The van der Waals surface area contributed by atoms with E-state index in [0.717, 1.165) is 53.8 Å². The third-order valence-corrected chi connectivity index (χ3v) is 6.55. The summed E-state index contributed by atoms with van der Waals surface area (Å²) < 4.78 is 17.2. The fourth-order valence-corrected chi connectivity index (χ4v) is 4.56. The van der Waals surface area contributed by atoms with Gasteiger partial charge in [-0.1, -0.05) is 46.9 Å². The van der Waals surface area contributed by atoms with Crippen molar-refractivity contribution in [2.24, 2.45) is 0 Å². The van der Waals surface area contributed by atoms with Gasteiger partial charge in [0, 0.05) is 40.9 Å². The summed E-state index contributed by atoms with van der Waals surface area (Å²) in [4.78, 5) is 2.25. The predicted octanol–water partition coefficient (Wildman–Crippen LogP) is 7.07. The Morgan fingerprint density at radius 2 is 1.65 bits per heavy atom. The largest absolute Gasteiger partial charge is 0.490 e. The lowest BCUT2D eigenvalue weighted by molar-refractivity contribution is 0.122. The minimum Gasteiger partial charge on any atom is -0.490 e. The number of halogens is 3. The van der Waals surface area contributed by atoms with E-state index in [1.54, 1.807) is 12.1 Å². The average molecular weight is 522 g/mol. The van der Waals surface area contributed by atoms with Gasteiger partial charge in [-0.05, 0) is 55.0 Å². The normalized spacial score (nSPS) is 13.6. The Balaban J connectivity index is 1.41. The van der Waals surface area contributed by atoms with E-state index in [2.05, 4.69) is 16.3 Å². The molecule has 180 valence electrons. The number of hydrogen-bond donors (Lipinski definition) is 1. The molecular weight excluding hydrogens is 495 g/mol. The van der Waals surface area contributed by atoms with Crippen LogP contribution in [0.15, 0.2) is 54.6 Å². The summed E-state index contributed by atoms with van der Waals surface area (Å²) in [7, 11) is 0. The van der Waals surface area contributed by atoms with Gasteiger partial charge in [-0.25, -0.2) is 0 Å². The summed E-state index contributed by atoms with van der Waals surface area (Å²) >= 11 is 19.1. The molecule has 0 aromatic heterocycles. The highest BCUT2D eigenvalue weighted by Gasteiger charge is 2.15. The highest BCUT2D eigenvalue weighted by atomic mass is 35.5. The van der Waals surface area contributed by atoms with E-state index in [9.17, 15) is 0 Å². The molecule has 4 rings (SSSR count). The van der Waals surface area contributed by atoms with Gasteiger partial charge in [0.1, 0.15) is 6.61 Å². The third kappa shape index (κ3) is 6.22. The van der Waals surface area contributed by atoms with Crippen molar-refractivity contribution in [1.29, 1.82) is 0 Å². The lowest BCUT2D eigenvalue weighted by Crippen LogP contribution is -2.36. The zero-order chi connectivity index (χ0) is 23.9. The molecule has 1 aliphatic rings. The monoisotopic (exact) mass is 520 g/mol. The van der Waals surface area contributed by atoms with Crippen molar-refractivity contribution in [3.05, 3.63) is 80.8 Å². The van der Waals surface area contributed by atoms with E-state index in [-0.39, 0.29) is 6.61 Å². The molecule has 1 heterocycles. The van der Waals surface area contributed by atoms with Gasteiger partial charge in [0.15, 0.2) is 11.5 Å². The first-order chi connectivity index (χ1) is 16.5. The van der Waals surface area contributed by atoms with Crippen LogP contribution in [0.25, 0.3) is 0 Å². The quantitative estimate of drug-likeness (QED) is 0.326. The molecule has 3 aromatic rings. The molecule has 8 heteroatoms. The van der Waals surface area contributed by atoms with E-state index < -0.39 is 0 Å². The number of ether oxygens (including phenoxy) is 3. The van der Waals surface area contributed by atoms with Gasteiger partial charge in [-0.2, -0.15) is 0 Å². The van der Waals surface area contributed by atoms with Crippen molar-refractivity contribution in [2.45, 2.75) is 20.1 Å². The van der Waals surface area contributed by atoms with Crippen LogP contribution in [0.2, 0.25) is 15.1 Å². The molecule has 0 aliphatic carbocycles. The number of nitrogens with one attached hydrogen (secondary N) is 1. The number of rotatable bonds is 9. The lowest BCUT2D eigenvalue weighted by atomic mass is 10.2. The van der Waals surface area contributed by atoms with E-state index in [0.29, 0.717) is 34.7 Å². The van der Waals surface area contributed by atoms with Crippen LogP contribution in [0, 0.1) is 0 Å². The van der Waals surface area contributed by atoms with E-state index in [1.165, 1.54) is 0 Å². The molecule has 0 saturated carbocycles. The fraction of sp³-hybridized carbons (Fsp3) is 0.308. The molecule has 0 radical (unpaired) electrons. The zero-order valence-electron chi connectivity index (χ0n) is 19.0. The molecule has 1 N–H and O–H groups in total. The minimum absolute atomic E-state index is 0.254. The maximum Gasteiger partial charge on any atom is 0.161 e. The molecule has 0 unspecified atom stereocenters. The second kappa shape index (κ2) is 11.9. The molecule has 0 amide bonds. The van der Waals surface area contributed by atoms with Crippen LogP contribution < -0.4 is 19.7 Å². The van der Waals surface area contributed by atoms with E-state index >= 15 is 0 Å². The Morgan fingerprint density at radius 1 is 0.882 bits per heavy atom. The van der Waals surface area contributed by atoms with Gasteiger partial charge in [0.2, 0.25) is 0 Å². The van der Waals surface area contributed by atoms with Crippen LogP contribution >= 0.6 is 34.8 Å². The van der Waals surface area contributed by atoms with Gasteiger partial charge in [-0.15, -0.1) is 0 Å².